The van der Waals surface area contributed by atoms with Gasteiger partial charge in [-0.3, -0.25) is 0 Å². The van der Waals surface area contributed by atoms with Crippen LogP contribution in [0.3, 0.4) is 0 Å². The quantitative estimate of drug-likeness (QED) is 0.641. The predicted molar refractivity (Wildman–Crippen MR) is 93.8 cm³/mol. The Morgan fingerprint density at radius 2 is 1.62 bits per heavy atom. The Bertz CT molecular complexity index is 730. The second-order valence-electron chi connectivity index (χ2n) is 4.93. The Labute approximate surface area is 137 Å². The van der Waals surface area contributed by atoms with Gasteiger partial charge < -0.3 is 4.90 Å². The smallest absolute Gasteiger partial charge is 0.181 e. The Kier molecular flexibility index (Phi) is 3.92. The topological polar surface area (TPSA) is 34.0 Å². The van der Waals surface area contributed by atoms with Gasteiger partial charge >= 0.3 is 0 Å². The molecule has 0 bridgehead atoms. The molecule has 0 saturated carbocycles. The molecule has 0 unspecified atom stereocenters. The first-order chi connectivity index (χ1) is 10.1. The van der Waals surface area contributed by atoms with E-state index < -0.39 is 0 Å². The van der Waals surface area contributed by atoms with Gasteiger partial charge in [-0.05, 0) is 71.1 Å². The van der Waals surface area contributed by atoms with Crippen LogP contribution in [0, 0.1) is 3.57 Å². The Hall–Kier alpha value is -1.89. The summed E-state index contributed by atoms with van der Waals surface area (Å²) in [5, 5.41) is 4.54. The highest BCUT2D eigenvalue weighted by atomic mass is 127. The van der Waals surface area contributed by atoms with E-state index in [0.717, 1.165) is 22.8 Å². The minimum absolute atomic E-state index is 0.735. The van der Waals surface area contributed by atoms with E-state index in [-0.39, 0.29) is 0 Å². The number of benzene rings is 2. The van der Waals surface area contributed by atoms with Gasteiger partial charge in [-0.1, -0.05) is 0 Å². The third kappa shape index (κ3) is 3.07. The third-order valence-electron chi connectivity index (χ3n) is 3.22. The van der Waals surface area contributed by atoms with Crippen molar-refractivity contribution in [3.8, 4) is 17.1 Å². The van der Waals surface area contributed by atoms with Crippen molar-refractivity contribution in [3.05, 3.63) is 58.4 Å². The van der Waals surface area contributed by atoms with Crippen LogP contribution in [0.4, 0.5) is 5.69 Å². The standard InChI is InChI=1S/C16H15IN4/c1-20(2)14-7-3-12(4-8-14)16-18-11-21(19-16)15-9-5-13(17)6-10-15/h3-11H,1-2H3. The number of nitrogens with zero attached hydrogens (tertiary/aromatic N) is 4. The zero-order chi connectivity index (χ0) is 14.8. The van der Waals surface area contributed by atoms with Crippen molar-refractivity contribution < 1.29 is 0 Å². The largest absolute Gasteiger partial charge is 0.378 e. The monoisotopic (exact) mass is 390 g/mol. The molecule has 2 aromatic carbocycles. The molecule has 1 heterocycles. The van der Waals surface area contributed by atoms with E-state index in [1.54, 1.807) is 11.0 Å². The Balaban J connectivity index is 1.89. The highest BCUT2D eigenvalue weighted by Crippen LogP contribution is 2.20. The van der Waals surface area contributed by atoms with Gasteiger partial charge in [-0.25, -0.2) is 9.67 Å². The van der Waals surface area contributed by atoms with E-state index in [1.165, 1.54) is 3.57 Å². The van der Waals surface area contributed by atoms with E-state index in [0.29, 0.717) is 0 Å². The average molecular weight is 390 g/mol. The predicted octanol–water partition coefficient (Wildman–Crippen LogP) is 3.60. The molecule has 0 N–H and O–H groups in total. The molecule has 106 valence electrons. The zero-order valence-corrected chi connectivity index (χ0v) is 14.0. The number of halogens is 1. The Morgan fingerprint density at radius 1 is 0.952 bits per heavy atom. The van der Waals surface area contributed by atoms with Crippen molar-refractivity contribution in [3.63, 3.8) is 0 Å². The second kappa shape index (κ2) is 5.85. The summed E-state index contributed by atoms with van der Waals surface area (Å²) in [6.07, 6.45) is 1.75. The SMILES string of the molecule is CN(C)c1ccc(-c2ncn(-c3ccc(I)cc3)n2)cc1. The van der Waals surface area contributed by atoms with E-state index in [2.05, 4.69) is 61.8 Å². The van der Waals surface area contributed by atoms with Crippen LogP contribution >= 0.6 is 22.6 Å². The molecular formula is C16H15IN4. The molecule has 0 aliphatic heterocycles. The van der Waals surface area contributed by atoms with Crippen LogP contribution in [0.15, 0.2) is 54.9 Å². The van der Waals surface area contributed by atoms with Gasteiger partial charge in [0, 0.05) is 28.9 Å². The molecule has 0 aliphatic rings. The van der Waals surface area contributed by atoms with Gasteiger partial charge in [0.05, 0.1) is 5.69 Å². The summed E-state index contributed by atoms with van der Waals surface area (Å²) in [7, 11) is 4.05. The molecule has 0 radical (unpaired) electrons. The number of rotatable bonds is 3. The van der Waals surface area contributed by atoms with Gasteiger partial charge in [0.25, 0.3) is 0 Å². The van der Waals surface area contributed by atoms with Crippen LogP contribution in [-0.2, 0) is 0 Å². The van der Waals surface area contributed by atoms with Crippen LogP contribution < -0.4 is 4.90 Å². The lowest BCUT2D eigenvalue weighted by Gasteiger charge is -2.11. The molecule has 0 fully saturated rings. The first-order valence-corrected chi connectivity index (χ1v) is 7.67. The third-order valence-corrected chi connectivity index (χ3v) is 3.94. The van der Waals surface area contributed by atoms with Crippen LogP contribution in [0.5, 0.6) is 0 Å². The molecule has 5 heteroatoms. The van der Waals surface area contributed by atoms with Crippen molar-refractivity contribution in [2.24, 2.45) is 0 Å². The summed E-state index contributed by atoms with van der Waals surface area (Å²) in [4.78, 5) is 6.47. The number of hydrogen-bond acceptors (Lipinski definition) is 3. The maximum atomic E-state index is 4.54. The van der Waals surface area contributed by atoms with Crippen molar-refractivity contribution in [2.75, 3.05) is 19.0 Å². The number of aromatic nitrogens is 3. The summed E-state index contributed by atoms with van der Waals surface area (Å²) in [6, 6.07) is 16.4. The minimum atomic E-state index is 0.735. The minimum Gasteiger partial charge on any atom is -0.378 e. The summed E-state index contributed by atoms with van der Waals surface area (Å²) in [5.74, 6) is 0.735. The van der Waals surface area contributed by atoms with E-state index >= 15 is 0 Å². The fraction of sp³-hybridized carbons (Fsp3) is 0.125. The molecule has 0 amide bonds. The van der Waals surface area contributed by atoms with Gasteiger partial charge in [0.1, 0.15) is 6.33 Å². The lowest BCUT2D eigenvalue weighted by atomic mass is 10.2. The van der Waals surface area contributed by atoms with Crippen molar-refractivity contribution >= 4 is 28.3 Å². The molecule has 3 rings (SSSR count). The molecule has 4 nitrogen and oxygen atoms in total. The van der Waals surface area contributed by atoms with Crippen LogP contribution in [0.25, 0.3) is 17.1 Å². The van der Waals surface area contributed by atoms with E-state index in [9.17, 15) is 0 Å². The highest BCUT2D eigenvalue weighted by Gasteiger charge is 2.06. The lowest BCUT2D eigenvalue weighted by molar-refractivity contribution is 0.882. The molecule has 1 aromatic heterocycles. The Morgan fingerprint density at radius 3 is 2.24 bits per heavy atom. The zero-order valence-electron chi connectivity index (χ0n) is 11.9. The molecular weight excluding hydrogens is 375 g/mol. The molecule has 0 saturated heterocycles. The first kappa shape index (κ1) is 14.1. The van der Waals surface area contributed by atoms with E-state index in [1.807, 2.05) is 38.4 Å². The molecule has 21 heavy (non-hydrogen) atoms. The van der Waals surface area contributed by atoms with Gasteiger partial charge in [0.2, 0.25) is 0 Å². The summed E-state index contributed by atoms with van der Waals surface area (Å²) in [6.45, 7) is 0. The maximum absolute atomic E-state index is 4.54. The molecule has 0 spiro atoms. The van der Waals surface area contributed by atoms with Gasteiger partial charge in [-0.15, -0.1) is 5.10 Å². The molecule has 0 atom stereocenters. The van der Waals surface area contributed by atoms with Crippen LogP contribution in [-0.4, -0.2) is 28.9 Å². The van der Waals surface area contributed by atoms with Crippen LogP contribution in [0.2, 0.25) is 0 Å². The summed E-state index contributed by atoms with van der Waals surface area (Å²) >= 11 is 2.29. The van der Waals surface area contributed by atoms with Crippen molar-refractivity contribution in [2.45, 2.75) is 0 Å². The van der Waals surface area contributed by atoms with Gasteiger partial charge in [-0.2, -0.15) is 0 Å². The van der Waals surface area contributed by atoms with Gasteiger partial charge in [0.15, 0.2) is 5.82 Å². The fourth-order valence-corrected chi connectivity index (χ4v) is 2.38. The van der Waals surface area contributed by atoms with E-state index in [4.69, 9.17) is 0 Å². The average Bonchev–Trinajstić information content (AvgIpc) is 2.98. The van der Waals surface area contributed by atoms with Crippen molar-refractivity contribution in [1.82, 2.24) is 14.8 Å². The maximum Gasteiger partial charge on any atom is 0.181 e. The normalized spacial score (nSPS) is 10.6. The number of hydrogen-bond donors (Lipinski definition) is 0. The fourth-order valence-electron chi connectivity index (χ4n) is 2.02. The highest BCUT2D eigenvalue weighted by molar-refractivity contribution is 14.1. The van der Waals surface area contributed by atoms with Crippen molar-refractivity contribution in [1.29, 1.82) is 0 Å². The molecule has 0 aliphatic carbocycles. The first-order valence-electron chi connectivity index (χ1n) is 6.59. The second-order valence-corrected chi connectivity index (χ2v) is 6.18. The summed E-state index contributed by atoms with van der Waals surface area (Å²) in [5.41, 5.74) is 3.19. The summed E-state index contributed by atoms with van der Waals surface area (Å²) < 4.78 is 3.00. The number of anilines is 1. The molecule has 3 aromatic rings. The van der Waals surface area contributed by atoms with Crippen LogP contribution in [0.1, 0.15) is 0 Å². The lowest BCUT2D eigenvalue weighted by Crippen LogP contribution is -2.07.